The van der Waals surface area contributed by atoms with Gasteiger partial charge in [-0.2, -0.15) is 13.2 Å². The van der Waals surface area contributed by atoms with E-state index < -0.39 is 11.7 Å². The molecule has 0 radical (unpaired) electrons. The van der Waals surface area contributed by atoms with E-state index >= 15 is 0 Å². The minimum absolute atomic E-state index is 0.232. The van der Waals surface area contributed by atoms with Crippen molar-refractivity contribution in [3.05, 3.63) is 65.2 Å². The molecule has 32 heavy (non-hydrogen) atoms. The van der Waals surface area contributed by atoms with Crippen molar-refractivity contribution < 1.29 is 18.0 Å². The third kappa shape index (κ3) is 5.63. The molecule has 7 heteroatoms. The van der Waals surface area contributed by atoms with E-state index in [1.54, 1.807) is 6.07 Å². The van der Waals surface area contributed by atoms with Crippen molar-refractivity contribution >= 4 is 11.6 Å². The van der Waals surface area contributed by atoms with Gasteiger partial charge in [-0.05, 0) is 48.7 Å². The highest BCUT2D eigenvalue weighted by Gasteiger charge is 2.31. The van der Waals surface area contributed by atoms with Gasteiger partial charge >= 0.3 is 6.18 Å². The van der Waals surface area contributed by atoms with Crippen LogP contribution in [-0.2, 0) is 24.1 Å². The van der Waals surface area contributed by atoms with Crippen LogP contribution in [0.5, 0.6) is 0 Å². The Bertz CT molecular complexity index is 898. The fourth-order valence-electron chi connectivity index (χ4n) is 4.56. The summed E-state index contributed by atoms with van der Waals surface area (Å²) in [6.07, 6.45) is -0.761. The molecule has 0 aromatic heterocycles. The molecule has 1 saturated heterocycles. The molecule has 4 rings (SSSR count). The van der Waals surface area contributed by atoms with Crippen molar-refractivity contribution in [1.29, 1.82) is 0 Å². The van der Waals surface area contributed by atoms with Crippen molar-refractivity contribution in [1.82, 2.24) is 9.80 Å². The lowest BCUT2D eigenvalue weighted by atomic mass is 10.1. The molecule has 2 aromatic rings. The maximum absolute atomic E-state index is 12.9. The van der Waals surface area contributed by atoms with Crippen LogP contribution in [0, 0.1) is 0 Å². The van der Waals surface area contributed by atoms with Crippen molar-refractivity contribution in [2.75, 3.05) is 37.6 Å². The molecule has 2 heterocycles. The Balaban J connectivity index is 1.12. The fourth-order valence-corrected chi connectivity index (χ4v) is 4.56. The van der Waals surface area contributed by atoms with Crippen LogP contribution in [0.2, 0.25) is 0 Å². The number of halogens is 3. The van der Waals surface area contributed by atoms with Crippen LogP contribution in [0.1, 0.15) is 42.4 Å². The number of fused-ring (bicyclic) bond motifs is 1. The van der Waals surface area contributed by atoms with Crippen LogP contribution in [0.3, 0.4) is 0 Å². The van der Waals surface area contributed by atoms with E-state index in [1.165, 1.54) is 23.3 Å². The molecule has 172 valence electrons. The molecule has 4 nitrogen and oxygen atoms in total. The van der Waals surface area contributed by atoms with Crippen LogP contribution in [0.15, 0.2) is 48.5 Å². The molecular weight excluding hydrogens is 415 g/mol. The SMILES string of the molecule is O=C(CCCCCN1CCN(c2cccc(C(F)(F)F)c2)CC1)N1Cc2ccccc2C1. The molecule has 0 atom stereocenters. The standard InChI is InChI=1S/C25H30F3N3O/c26-25(27,28)22-9-6-10-23(17-22)30-15-13-29(14-16-30)12-5-1-2-11-24(32)31-18-20-7-3-4-8-21(20)19-31/h3-4,6-10,17H,1-2,5,11-16,18-19H2. The lowest BCUT2D eigenvalue weighted by Crippen LogP contribution is -2.46. The van der Waals surface area contributed by atoms with E-state index in [0.29, 0.717) is 12.1 Å². The van der Waals surface area contributed by atoms with E-state index in [1.807, 2.05) is 21.9 Å². The van der Waals surface area contributed by atoms with Gasteiger partial charge in [0, 0.05) is 51.4 Å². The normalized spacial score (nSPS) is 17.0. The number of unbranched alkanes of at least 4 members (excludes halogenated alkanes) is 2. The number of nitrogens with zero attached hydrogens (tertiary/aromatic N) is 3. The van der Waals surface area contributed by atoms with Crippen molar-refractivity contribution in [3.8, 4) is 0 Å². The summed E-state index contributed by atoms with van der Waals surface area (Å²) in [5.41, 5.74) is 2.56. The molecular formula is C25H30F3N3O. The molecule has 0 unspecified atom stereocenters. The molecule has 0 N–H and O–H groups in total. The average molecular weight is 446 g/mol. The second kappa shape index (κ2) is 9.94. The topological polar surface area (TPSA) is 26.8 Å². The van der Waals surface area contributed by atoms with Crippen LogP contribution in [0.25, 0.3) is 0 Å². The summed E-state index contributed by atoms with van der Waals surface area (Å²) in [5, 5.41) is 0. The summed E-state index contributed by atoms with van der Waals surface area (Å²) >= 11 is 0. The first-order chi connectivity index (χ1) is 15.4. The third-order valence-corrected chi connectivity index (χ3v) is 6.47. The van der Waals surface area contributed by atoms with Crippen molar-refractivity contribution in [2.24, 2.45) is 0 Å². The van der Waals surface area contributed by atoms with Gasteiger partial charge in [0.2, 0.25) is 5.91 Å². The molecule has 2 aliphatic rings. The summed E-state index contributed by atoms with van der Waals surface area (Å²) in [6, 6.07) is 13.8. The maximum Gasteiger partial charge on any atom is 0.416 e. The Hall–Kier alpha value is -2.54. The lowest BCUT2D eigenvalue weighted by Gasteiger charge is -2.36. The van der Waals surface area contributed by atoms with Gasteiger partial charge in [0.25, 0.3) is 0 Å². The molecule has 0 spiro atoms. The highest BCUT2D eigenvalue weighted by atomic mass is 19.4. The number of carbonyl (C=O) groups excluding carboxylic acids is 1. The van der Waals surface area contributed by atoms with Gasteiger partial charge in [0.15, 0.2) is 0 Å². The number of benzene rings is 2. The van der Waals surface area contributed by atoms with E-state index in [0.717, 1.165) is 71.1 Å². The lowest BCUT2D eigenvalue weighted by molar-refractivity contribution is -0.137. The highest BCUT2D eigenvalue weighted by Crippen LogP contribution is 2.32. The fraction of sp³-hybridized carbons (Fsp3) is 0.480. The summed E-state index contributed by atoms with van der Waals surface area (Å²) in [4.78, 5) is 18.8. The monoisotopic (exact) mass is 445 g/mol. The second-order valence-electron chi connectivity index (χ2n) is 8.71. The molecule has 0 bridgehead atoms. The van der Waals surface area contributed by atoms with Gasteiger partial charge in [-0.1, -0.05) is 36.8 Å². The largest absolute Gasteiger partial charge is 0.416 e. The quantitative estimate of drug-likeness (QED) is 0.566. The molecule has 0 saturated carbocycles. The summed E-state index contributed by atoms with van der Waals surface area (Å²) in [7, 11) is 0. The molecule has 0 aliphatic carbocycles. The molecule has 2 aromatic carbocycles. The van der Waals surface area contributed by atoms with Gasteiger partial charge in [-0.15, -0.1) is 0 Å². The Morgan fingerprint density at radius 1 is 0.844 bits per heavy atom. The third-order valence-electron chi connectivity index (χ3n) is 6.47. The maximum atomic E-state index is 12.9. The van der Waals surface area contributed by atoms with Gasteiger partial charge in [0.1, 0.15) is 0 Å². The van der Waals surface area contributed by atoms with Crippen molar-refractivity contribution in [3.63, 3.8) is 0 Å². The predicted octanol–water partition coefficient (Wildman–Crippen LogP) is 4.93. The summed E-state index contributed by atoms with van der Waals surface area (Å²) in [5.74, 6) is 0.232. The Morgan fingerprint density at radius 3 is 2.19 bits per heavy atom. The van der Waals surface area contributed by atoms with Gasteiger partial charge in [-0.25, -0.2) is 0 Å². The Kier molecular flexibility index (Phi) is 7.04. The smallest absolute Gasteiger partial charge is 0.369 e. The predicted molar refractivity (Wildman–Crippen MR) is 119 cm³/mol. The highest BCUT2D eigenvalue weighted by molar-refractivity contribution is 5.76. The number of alkyl halides is 3. The number of amides is 1. The summed E-state index contributed by atoms with van der Waals surface area (Å²) < 4.78 is 38.8. The second-order valence-corrected chi connectivity index (χ2v) is 8.71. The van der Waals surface area contributed by atoms with Gasteiger partial charge in [0.05, 0.1) is 5.56 Å². The van der Waals surface area contributed by atoms with Crippen LogP contribution < -0.4 is 4.90 Å². The molecule has 1 amide bonds. The number of carbonyl (C=O) groups is 1. The van der Waals surface area contributed by atoms with Crippen LogP contribution in [-0.4, -0.2) is 48.4 Å². The molecule has 1 fully saturated rings. The van der Waals surface area contributed by atoms with E-state index in [2.05, 4.69) is 17.0 Å². The first-order valence-electron chi connectivity index (χ1n) is 11.4. The number of hydrogen-bond acceptors (Lipinski definition) is 3. The van der Waals surface area contributed by atoms with Crippen molar-refractivity contribution in [2.45, 2.75) is 44.9 Å². The number of rotatable bonds is 7. The number of hydrogen-bond donors (Lipinski definition) is 0. The Morgan fingerprint density at radius 2 is 1.53 bits per heavy atom. The first kappa shape index (κ1) is 22.6. The average Bonchev–Trinajstić information content (AvgIpc) is 3.23. The zero-order chi connectivity index (χ0) is 22.6. The van der Waals surface area contributed by atoms with Crippen LogP contribution >= 0.6 is 0 Å². The number of anilines is 1. The van der Waals surface area contributed by atoms with Gasteiger partial charge < -0.3 is 9.80 Å². The summed E-state index contributed by atoms with van der Waals surface area (Å²) in [6.45, 7) is 5.59. The zero-order valence-electron chi connectivity index (χ0n) is 18.3. The first-order valence-corrected chi connectivity index (χ1v) is 11.4. The minimum atomic E-state index is -4.31. The van der Waals surface area contributed by atoms with Crippen LogP contribution in [0.4, 0.5) is 18.9 Å². The molecule has 2 aliphatic heterocycles. The van der Waals surface area contributed by atoms with E-state index in [-0.39, 0.29) is 5.91 Å². The van der Waals surface area contributed by atoms with Gasteiger partial charge in [-0.3, -0.25) is 9.69 Å². The van der Waals surface area contributed by atoms with E-state index in [9.17, 15) is 18.0 Å². The Labute approximate surface area is 187 Å². The zero-order valence-corrected chi connectivity index (χ0v) is 18.3. The minimum Gasteiger partial charge on any atom is -0.369 e. The number of piperazine rings is 1. The van der Waals surface area contributed by atoms with E-state index in [4.69, 9.17) is 0 Å².